The Hall–Kier alpha value is -2.71. The molecule has 1 aliphatic rings. The first-order valence-electron chi connectivity index (χ1n) is 10.6. The Bertz CT molecular complexity index is 868. The van der Waals surface area contributed by atoms with Crippen LogP contribution in [0.5, 0.6) is 0 Å². The van der Waals surface area contributed by atoms with E-state index in [0.717, 1.165) is 24.1 Å². The molecule has 1 atom stereocenters. The largest absolute Gasteiger partial charge is 0.361 e. The van der Waals surface area contributed by atoms with Crippen LogP contribution in [-0.4, -0.2) is 62.6 Å². The normalized spacial score (nSPS) is 16.9. The van der Waals surface area contributed by atoms with Crippen LogP contribution in [-0.2, 0) is 22.4 Å². The van der Waals surface area contributed by atoms with Gasteiger partial charge >= 0.3 is 0 Å². The van der Waals surface area contributed by atoms with Gasteiger partial charge < -0.3 is 18.8 Å². The van der Waals surface area contributed by atoms with Crippen molar-refractivity contribution in [1.82, 2.24) is 25.1 Å². The predicted molar refractivity (Wildman–Crippen MR) is 109 cm³/mol. The smallest absolute Gasteiger partial charge is 0.229 e. The SMILES string of the molecule is CC(=O)N(CCc1noc(C(C)C)n1)C1CCCN(C(=O)Cc2c(C)noc2C)C1. The summed E-state index contributed by atoms with van der Waals surface area (Å²) in [6.07, 6.45) is 2.54. The molecule has 9 nitrogen and oxygen atoms in total. The molecule has 9 heteroatoms. The number of rotatable bonds is 7. The van der Waals surface area contributed by atoms with Crippen molar-refractivity contribution in [3.05, 3.63) is 28.7 Å². The first kappa shape index (κ1) is 22.0. The highest BCUT2D eigenvalue weighted by atomic mass is 16.5. The summed E-state index contributed by atoms with van der Waals surface area (Å²) < 4.78 is 10.4. The predicted octanol–water partition coefficient (Wildman–Crippen LogP) is 2.42. The van der Waals surface area contributed by atoms with Crippen molar-refractivity contribution in [1.29, 1.82) is 0 Å². The van der Waals surface area contributed by atoms with Crippen LogP contribution in [0.4, 0.5) is 0 Å². The van der Waals surface area contributed by atoms with Crippen LogP contribution in [0.1, 0.15) is 68.3 Å². The van der Waals surface area contributed by atoms with E-state index in [4.69, 9.17) is 9.05 Å². The van der Waals surface area contributed by atoms with Gasteiger partial charge in [0.05, 0.1) is 12.1 Å². The number of likely N-dealkylation sites (tertiary alicyclic amines) is 1. The second kappa shape index (κ2) is 9.40. The van der Waals surface area contributed by atoms with Gasteiger partial charge in [0.1, 0.15) is 5.76 Å². The molecule has 1 aliphatic heterocycles. The number of carbonyl (C=O) groups is 2. The van der Waals surface area contributed by atoms with Gasteiger partial charge in [0.15, 0.2) is 5.82 Å². The van der Waals surface area contributed by atoms with Gasteiger partial charge in [0.25, 0.3) is 0 Å². The summed E-state index contributed by atoms with van der Waals surface area (Å²) in [6.45, 7) is 11.0. The maximum absolute atomic E-state index is 12.9. The second-order valence-electron chi connectivity index (χ2n) is 8.28. The van der Waals surface area contributed by atoms with Crippen LogP contribution in [0.3, 0.4) is 0 Å². The Morgan fingerprint density at radius 2 is 2.00 bits per heavy atom. The summed E-state index contributed by atoms with van der Waals surface area (Å²) in [4.78, 5) is 33.3. The number of carbonyl (C=O) groups excluding carboxylic acids is 2. The van der Waals surface area contributed by atoms with Crippen molar-refractivity contribution >= 4 is 11.8 Å². The molecule has 0 N–H and O–H groups in total. The highest BCUT2D eigenvalue weighted by molar-refractivity contribution is 5.79. The van der Waals surface area contributed by atoms with Crippen molar-refractivity contribution in [3.63, 3.8) is 0 Å². The zero-order valence-corrected chi connectivity index (χ0v) is 18.5. The maximum atomic E-state index is 12.9. The molecule has 2 aromatic heterocycles. The lowest BCUT2D eigenvalue weighted by atomic mass is 10.0. The Labute approximate surface area is 176 Å². The van der Waals surface area contributed by atoms with Crippen molar-refractivity contribution in [2.24, 2.45) is 0 Å². The van der Waals surface area contributed by atoms with Crippen molar-refractivity contribution in [2.45, 2.75) is 72.3 Å². The fourth-order valence-corrected chi connectivity index (χ4v) is 3.87. The zero-order valence-electron chi connectivity index (χ0n) is 18.5. The fraction of sp³-hybridized carbons (Fsp3) is 0.667. The lowest BCUT2D eigenvalue weighted by Gasteiger charge is -2.39. The van der Waals surface area contributed by atoms with Crippen LogP contribution < -0.4 is 0 Å². The molecule has 0 radical (unpaired) electrons. The van der Waals surface area contributed by atoms with E-state index in [1.807, 2.05) is 37.5 Å². The molecule has 0 spiro atoms. The molecule has 30 heavy (non-hydrogen) atoms. The Kier molecular flexibility index (Phi) is 6.89. The molecule has 0 saturated carbocycles. The van der Waals surface area contributed by atoms with Gasteiger partial charge in [-0.15, -0.1) is 0 Å². The zero-order chi connectivity index (χ0) is 21.8. The molecule has 3 heterocycles. The fourth-order valence-electron chi connectivity index (χ4n) is 3.87. The molecule has 2 amide bonds. The van der Waals surface area contributed by atoms with Gasteiger partial charge in [-0.05, 0) is 26.7 Å². The maximum Gasteiger partial charge on any atom is 0.229 e. The molecule has 0 aliphatic carbocycles. The standard InChI is InChI=1S/C21H31N5O4/c1-13(2)21-22-19(24-30-21)8-10-26(16(5)27)17-7-6-9-25(12-17)20(28)11-18-14(3)23-29-15(18)4/h13,17H,6-12H2,1-5H3. The molecule has 1 saturated heterocycles. The van der Waals surface area contributed by atoms with E-state index in [1.165, 1.54) is 0 Å². The Balaban J connectivity index is 1.62. The molecular weight excluding hydrogens is 386 g/mol. The molecule has 164 valence electrons. The first-order valence-corrected chi connectivity index (χ1v) is 10.6. The van der Waals surface area contributed by atoms with Crippen LogP contribution >= 0.6 is 0 Å². The van der Waals surface area contributed by atoms with E-state index in [-0.39, 0.29) is 30.2 Å². The summed E-state index contributed by atoms with van der Waals surface area (Å²) in [5.74, 6) is 2.09. The molecule has 0 bridgehead atoms. The summed E-state index contributed by atoms with van der Waals surface area (Å²) >= 11 is 0. The van der Waals surface area contributed by atoms with E-state index in [0.29, 0.717) is 43.5 Å². The lowest BCUT2D eigenvalue weighted by molar-refractivity contribution is -0.138. The molecule has 2 aromatic rings. The highest BCUT2D eigenvalue weighted by Crippen LogP contribution is 2.20. The van der Waals surface area contributed by atoms with E-state index < -0.39 is 0 Å². The highest BCUT2D eigenvalue weighted by Gasteiger charge is 2.30. The van der Waals surface area contributed by atoms with Gasteiger partial charge in [-0.3, -0.25) is 9.59 Å². The molecule has 0 aromatic carbocycles. The molecular formula is C21H31N5O4. The average molecular weight is 418 g/mol. The third-order valence-electron chi connectivity index (χ3n) is 5.66. The van der Waals surface area contributed by atoms with Crippen LogP contribution in [0, 0.1) is 13.8 Å². The summed E-state index contributed by atoms with van der Waals surface area (Å²) in [5.41, 5.74) is 1.60. The number of hydrogen-bond acceptors (Lipinski definition) is 7. The second-order valence-corrected chi connectivity index (χ2v) is 8.28. The van der Waals surface area contributed by atoms with Crippen LogP contribution in [0.15, 0.2) is 9.05 Å². The number of amides is 2. The topological polar surface area (TPSA) is 106 Å². The van der Waals surface area contributed by atoms with Gasteiger partial charge in [0, 0.05) is 50.5 Å². The van der Waals surface area contributed by atoms with Gasteiger partial charge in [-0.25, -0.2) is 0 Å². The minimum Gasteiger partial charge on any atom is -0.361 e. The van der Waals surface area contributed by atoms with E-state index in [9.17, 15) is 9.59 Å². The Morgan fingerprint density at radius 3 is 2.60 bits per heavy atom. The van der Waals surface area contributed by atoms with Crippen LogP contribution in [0.2, 0.25) is 0 Å². The first-order chi connectivity index (χ1) is 14.3. The van der Waals surface area contributed by atoms with Crippen LogP contribution in [0.25, 0.3) is 0 Å². The summed E-state index contributed by atoms with van der Waals surface area (Å²) in [6, 6.07) is -0.0126. The van der Waals surface area contributed by atoms with Crippen molar-refractivity contribution in [3.8, 4) is 0 Å². The van der Waals surface area contributed by atoms with E-state index in [1.54, 1.807) is 6.92 Å². The minimum atomic E-state index is -0.0126. The third-order valence-corrected chi connectivity index (χ3v) is 5.66. The number of nitrogens with zero attached hydrogens (tertiary/aromatic N) is 5. The van der Waals surface area contributed by atoms with E-state index >= 15 is 0 Å². The van der Waals surface area contributed by atoms with Gasteiger partial charge in [-0.1, -0.05) is 24.2 Å². The molecule has 3 rings (SSSR count). The lowest BCUT2D eigenvalue weighted by Crippen LogP contribution is -2.52. The number of hydrogen-bond donors (Lipinski definition) is 0. The number of aryl methyl sites for hydroxylation is 2. The number of piperidine rings is 1. The van der Waals surface area contributed by atoms with E-state index in [2.05, 4.69) is 15.3 Å². The minimum absolute atomic E-state index is 0.00685. The quantitative estimate of drug-likeness (QED) is 0.681. The number of aromatic nitrogens is 3. The Morgan fingerprint density at radius 1 is 1.23 bits per heavy atom. The monoisotopic (exact) mass is 417 g/mol. The average Bonchev–Trinajstić information content (AvgIpc) is 3.30. The molecule has 1 fully saturated rings. The summed E-state index contributed by atoms with van der Waals surface area (Å²) in [7, 11) is 0. The summed E-state index contributed by atoms with van der Waals surface area (Å²) in [5, 5.41) is 7.94. The third kappa shape index (κ3) is 5.06. The molecule has 1 unspecified atom stereocenters. The van der Waals surface area contributed by atoms with Crippen molar-refractivity contribution in [2.75, 3.05) is 19.6 Å². The van der Waals surface area contributed by atoms with Gasteiger partial charge in [-0.2, -0.15) is 4.98 Å². The van der Waals surface area contributed by atoms with Gasteiger partial charge in [0.2, 0.25) is 17.7 Å². The van der Waals surface area contributed by atoms with Crippen molar-refractivity contribution < 1.29 is 18.6 Å².